The fraction of sp³-hybridized carbons (Fsp3) is 0.211. The van der Waals surface area contributed by atoms with Gasteiger partial charge in [-0.2, -0.15) is 5.10 Å². The minimum atomic E-state index is -1.27. The third kappa shape index (κ3) is 4.35. The van der Waals surface area contributed by atoms with Gasteiger partial charge in [0.15, 0.2) is 12.0 Å². The van der Waals surface area contributed by atoms with Crippen molar-refractivity contribution in [2.24, 2.45) is 0 Å². The van der Waals surface area contributed by atoms with Gasteiger partial charge < -0.3 is 9.84 Å². The second-order valence-corrected chi connectivity index (χ2v) is 5.95. The maximum atomic E-state index is 14.3. The fourth-order valence-corrected chi connectivity index (χ4v) is 2.65. The van der Waals surface area contributed by atoms with Crippen molar-refractivity contribution in [2.75, 3.05) is 6.61 Å². The van der Waals surface area contributed by atoms with Gasteiger partial charge in [0.05, 0.1) is 12.5 Å². The van der Waals surface area contributed by atoms with Crippen molar-refractivity contribution in [3.8, 4) is 5.75 Å². The van der Waals surface area contributed by atoms with Crippen LogP contribution in [0, 0.1) is 11.6 Å². The molecule has 0 saturated heterocycles. The van der Waals surface area contributed by atoms with E-state index in [0.29, 0.717) is 11.3 Å². The van der Waals surface area contributed by atoms with Gasteiger partial charge >= 0.3 is 0 Å². The largest absolute Gasteiger partial charge is 0.493 e. The normalized spacial score (nSPS) is 13.2. The molecule has 0 bridgehead atoms. The van der Waals surface area contributed by atoms with Gasteiger partial charge in [0.25, 0.3) is 0 Å². The second kappa shape index (κ2) is 8.05. The summed E-state index contributed by atoms with van der Waals surface area (Å²) in [4.78, 5) is 15.1. The molecule has 0 saturated carbocycles. The first-order chi connectivity index (χ1) is 13.0. The van der Waals surface area contributed by atoms with E-state index in [4.69, 9.17) is 4.74 Å². The summed E-state index contributed by atoms with van der Waals surface area (Å²) in [6.07, 6.45) is 1.26. The van der Waals surface area contributed by atoms with Crippen LogP contribution in [0.4, 0.5) is 8.78 Å². The van der Waals surface area contributed by atoms with Crippen molar-refractivity contribution in [2.45, 2.75) is 19.1 Å². The first kappa shape index (κ1) is 18.7. The zero-order chi connectivity index (χ0) is 19.4. The van der Waals surface area contributed by atoms with Gasteiger partial charge in [-0.25, -0.2) is 18.4 Å². The SMILES string of the molecule is CC(=O)c1ccc(OCC(c2ccc(F)cc2F)C(O)n2cncn2)cc1. The molecule has 0 amide bonds. The van der Waals surface area contributed by atoms with Crippen LogP contribution < -0.4 is 4.74 Å². The van der Waals surface area contributed by atoms with Crippen molar-refractivity contribution in [3.05, 3.63) is 77.9 Å². The molecule has 6 nitrogen and oxygen atoms in total. The molecule has 1 aromatic heterocycles. The number of ketones is 1. The number of benzene rings is 2. The van der Waals surface area contributed by atoms with E-state index in [2.05, 4.69) is 10.1 Å². The van der Waals surface area contributed by atoms with E-state index < -0.39 is 23.8 Å². The van der Waals surface area contributed by atoms with Crippen molar-refractivity contribution in [1.29, 1.82) is 0 Å². The first-order valence-electron chi connectivity index (χ1n) is 8.16. The molecular formula is C19H17F2N3O3. The minimum absolute atomic E-state index is 0.0746. The topological polar surface area (TPSA) is 77.2 Å². The van der Waals surface area contributed by atoms with E-state index in [9.17, 15) is 18.7 Å². The predicted octanol–water partition coefficient (Wildman–Crippen LogP) is 3.11. The molecule has 140 valence electrons. The summed E-state index contributed by atoms with van der Waals surface area (Å²) in [5.74, 6) is -2.02. The summed E-state index contributed by atoms with van der Waals surface area (Å²) in [6.45, 7) is 1.35. The lowest BCUT2D eigenvalue weighted by atomic mass is 9.97. The molecular weight excluding hydrogens is 356 g/mol. The van der Waals surface area contributed by atoms with Crippen molar-refractivity contribution < 1.29 is 23.4 Å². The minimum Gasteiger partial charge on any atom is -0.493 e. The predicted molar refractivity (Wildman–Crippen MR) is 92.3 cm³/mol. The number of Topliss-reactive ketones (excluding diaryl/α,β-unsaturated/α-hetero) is 1. The Hall–Kier alpha value is -3.13. The van der Waals surface area contributed by atoms with E-state index >= 15 is 0 Å². The van der Waals surface area contributed by atoms with Gasteiger partial charge in [-0.3, -0.25) is 4.79 Å². The molecule has 3 rings (SSSR count). The highest BCUT2D eigenvalue weighted by molar-refractivity contribution is 5.94. The zero-order valence-corrected chi connectivity index (χ0v) is 14.4. The number of halogens is 2. The van der Waals surface area contributed by atoms with Gasteiger partial charge in [-0.05, 0) is 42.8 Å². The Balaban J connectivity index is 1.84. The first-order valence-corrected chi connectivity index (χ1v) is 8.16. The number of aliphatic hydroxyl groups is 1. The number of carbonyl (C=O) groups excluding carboxylic acids is 1. The lowest BCUT2D eigenvalue weighted by molar-refractivity contribution is 0.0409. The Morgan fingerprint density at radius 1 is 1.22 bits per heavy atom. The maximum Gasteiger partial charge on any atom is 0.159 e. The van der Waals surface area contributed by atoms with Gasteiger partial charge in [0.1, 0.15) is 30.0 Å². The number of rotatable bonds is 7. The highest BCUT2D eigenvalue weighted by Gasteiger charge is 2.27. The molecule has 2 atom stereocenters. The van der Waals surface area contributed by atoms with Gasteiger partial charge in [0.2, 0.25) is 0 Å². The molecule has 2 aromatic carbocycles. The van der Waals surface area contributed by atoms with Crippen LogP contribution in [-0.4, -0.2) is 32.3 Å². The van der Waals surface area contributed by atoms with Crippen LogP contribution in [0.3, 0.4) is 0 Å². The Labute approximate surface area is 154 Å². The average molecular weight is 373 g/mol. The van der Waals surface area contributed by atoms with Gasteiger partial charge in [0, 0.05) is 11.6 Å². The summed E-state index contributed by atoms with van der Waals surface area (Å²) in [6, 6.07) is 9.56. The molecule has 0 fully saturated rings. The molecule has 8 heteroatoms. The van der Waals surface area contributed by atoms with Crippen LogP contribution >= 0.6 is 0 Å². The third-order valence-corrected chi connectivity index (χ3v) is 4.12. The van der Waals surface area contributed by atoms with E-state index in [1.54, 1.807) is 24.3 Å². The average Bonchev–Trinajstić information content (AvgIpc) is 3.18. The van der Waals surface area contributed by atoms with E-state index in [-0.39, 0.29) is 18.0 Å². The Kier molecular flexibility index (Phi) is 5.56. The van der Waals surface area contributed by atoms with Crippen LogP contribution in [0.15, 0.2) is 55.1 Å². The molecule has 0 aliphatic carbocycles. The summed E-state index contributed by atoms with van der Waals surface area (Å²) < 4.78 is 34.4. The number of aliphatic hydroxyl groups excluding tert-OH is 1. The molecule has 27 heavy (non-hydrogen) atoms. The standard InChI is InChI=1S/C19H17F2N3O3/c1-12(25)13-2-5-15(6-3-13)27-9-17(19(26)24-11-22-10-23-24)16-7-4-14(20)8-18(16)21/h2-8,10-11,17,19,26H,9H2,1H3. The highest BCUT2D eigenvalue weighted by Crippen LogP contribution is 2.30. The highest BCUT2D eigenvalue weighted by atomic mass is 19.1. The molecule has 0 aliphatic rings. The van der Waals surface area contributed by atoms with Crippen LogP contribution in [0.1, 0.15) is 35.0 Å². The zero-order valence-electron chi connectivity index (χ0n) is 14.4. The molecule has 0 aliphatic heterocycles. The number of hydrogen-bond donors (Lipinski definition) is 1. The lowest BCUT2D eigenvalue weighted by Crippen LogP contribution is -2.24. The number of aromatic nitrogens is 3. The molecule has 3 aromatic rings. The number of ether oxygens (including phenoxy) is 1. The fourth-order valence-electron chi connectivity index (χ4n) is 2.65. The lowest BCUT2D eigenvalue weighted by Gasteiger charge is -2.24. The number of nitrogens with zero attached hydrogens (tertiary/aromatic N) is 3. The van der Waals surface area contributed by atoms with Crippen LogP contribution in [0.25, 0.3) is 0 Å². The second-order valence-electron chi connectivity index (χ2n) is 5.95. The summed E-state index contributed by atoms with van der Waals surface area (Å²) in [7, 11) is 0. The molecule has 0 radical (unpaired) electrons. The Bertz CT molecular complexity index is 914. The van der Waals surface area contributed by atoms with Gasteiger partial charge in [-0.1, -0.05) is 6.07 Å². The molecule has 1 heterocycles. The third-order valence-electron chi connectivity index (χ3n) is 4.12. The maximum absolute atomic E-state index is 14.3. The van der Waals surface area contributed by atoms with Gasteiger partial charge in [-0.15, -0.1) is 0 Å². The van der Waals surface area contributed by atoms with Crippen molar-refractivity contribution in [3.63, 3.8) is 0 Å². The Morgan fingerprint density at radius 3 is 2.56 bits per heavy atom. The monoisotopic (exact) mass is 373 g/mol. The Morgan fingerprint density at radius 2 is 1.96 bits per heavy atom. The number of hydrogen-bond acceptors (Lipinski definition) is 5. The quantitative estimate of drug-likeness (QED) is 0.644. The summed E-state index contributed by atoms with van der Waals surface area (Å²) in [5, 5.41) is 14.4. The van der Waals surface area contributed by atoms with E-state index in [1.807, 2.05) is 0 Å². The van der Waals surface area contributed by atoms with E-state index in [0.717, 1.165) is 16.8 Å². The van der Waals surface area contributed by atoms with Crippen molar-refractivity contribution >= 4 is 5.78 Å². The molecule has 0 spiro atoms. The summed E-state index contributed by atoms with van der Waals surface area (Å²) in [5.41, 5.74) is 0.617. The van der Waals surface area contributed by atoms with Crippen LogP contribution in [-0.2, 0) is 0 Å². The van der Waals surface area contributed by atoms with Crippen LogP contribution in [0.5, 0.6) is 5.75 Å². The van der Waals surface area contributed by atoms with Crippen LogP contribution in [0.2, 0.25) is 0 Å². The van der Waals surface area contributed by atoms with Crippen molar-refractivity contribution in [1.82, 2.24) is 14.8 Å². The molecule has 2 unspecified atom stereocenters. The number of carbonyl (C=O) groups is 1. The van der Waals surface area contributed by atoms with E-state index in [1.165, 1.54) is 25.6 Å². The molecule has 1 N–H and O–H groups in total. The smallest absolute Gasteiger partial charge is 0.159 e. The summed E-state index contributed by atoms with van der Waals surface area (Å²) >= 11 is 0.